The van der Waals surface area contributed by atoms with Crippen molar-refractivity contribution >= 4 is 17.4 Å². The van der Waals surface area contributed by atoms with Gasteiger partial charge in [-0.1, -0.05) is 17.7 Å². The van der Waals surface area contributed by atoms with Crippen LogP contribution < -0.4 is 4.74 Å². The molecule has 1 aliphatic heterocycles. The van der Waals surface area contributed by atoms with Crippen molar-refractivity contribution in [3.05, 3.63) is 64.2 Å². The van der Waals surface area contributed by atoms with Crippen LogP contribution in [0, 0.1) is 11.6 Å². The summed E-state index contributed by atoms with van der Waals surface area (Å²) in [5.74, 6) is -0.976. The Bertz CT molecular complexity index is 700. The van der Waals surface area contributed by atoms with Crippen LogP contribution in [0.5, 0.6) is 5.75 Å². The van der Waals surface area contributed by atoms with Gasteiger partial charge in [-0.2, -0.15) is 0 Å². The molecule has 0 spiro atoms. The van der Waals surface area contributed by atoms with E-state index >= 15 is 0 Å². The number of ketones is 1. The van der Waals surface area contributed by atoms with Gasteiger partial charge in [-0.3, -0.25) is 4.79 Å². The highest BCUT2D eigenvalue weighted by molar-refractivity contribution is 6.30. The second-order valence-electron chi connectivity index (χ2n) is 4.55. The zero-order valence-electron chi connectivity index (χ0n) is 10.2. The maximum Gasteiger partial charge on any atom is 0.170 e. The normalized spacial score (nSPS) is 17.6. The van der Waals surface area contributed by atoms with Gasteiger partial charge in [0.05, 0.1) is 17.0 Å². The largest absolute Gasteiger partial charge is 0.484 e. The number of carbonyl (C=O) groups excluding carboxylic acids is 1. The number of benzene rings is 2. The number of Topliss-reactive ketones (excluding diaryl/α,β-unsaturated/α-hetero) is 1. The van der Waals surface area contributed by atoms with E-state index < -0.39 is 17.7 Å². The molecule has 20 heavy (non-hydrogen) atoms. The molecule has 1 heterocycles. The summed E-state index contributed by atoms with van der Waals surface area (Å²) in [5.41, 5.74) is 0.742. The Balaban J connectivity index is 1.97. The van der Waals surface area contributed by atoms with Gasteiger partial charge in [0.15, 0.2) is 5.78 Å². The lowest BCUT2D eigenvalue weighted by molar-refractivity contribution is 0.0848. The van der Waals surface area contributed by atoms with E-state index in [4.69, 9.17) is 16.3 Å². The van der Waals surface area contributed by atoms with E-state index in [9.17, 15) is 13.6 Å². The van der Waals surface area contributed by atoms with Crippen molar-refractivity contribution in [3.8, 4) is 5.75 Å². The molecule has 0 aromatic heterocycles. The highest BCUT2D eigenvalue weighted by Gasteiger charge is 2.28. The number of halogens is 3. The minimum Gasteiger partial charge on any atom is -0.484 e. The van der Waals surface area contributed by atoms with Crippen LogP contribution in [0.15, 0.2) is 36.4 Å². The molecule has 0 N–H and O–H groups in total. The fourth-order valence-electron chi connectivity index (χ4n) is 2.19. The second kappa shape index (κ2) is 4.87. The standard InChI is InChI=1S/C15H9ClF2O2/c16-11-3-1-8(5-12(11)18)15-7-13(19)10-6-9(17)2-4-14(10)20-15/h1-6,15H,7H2. The predicted molar refractivity (Wildman–Crippen MR) is 70.1 cm³/mol. The summed E-state index contributed by atoms with van der Waals surface area (Å²) in [5, 5.41) is 0.0124. The van der Waals surface area contributed by atoms with Crippen molar-refractivity contribution in [2.45, 2.75) is 12.5 Å². The van der Waals surface area contributed by atoms with E-state index in [0.717, 1.165) is 6.07 Å². The molecular weight excluding hydrogens is 286 g/mol. The van der Waals surface area contributed by atoms with E-state index in [-0.39, 0.29) is 22.8 Å². The van der Waals surface area contributed by atoms with Crippen molar-refractivity contribution < 1.29 is 18.3 Å². The first kappa shape index (κ1) is 13.1. The molecule has 0 saturated carbocycles. The van der Waals surface area contributed by atoms with Crippen LogP contribution in [0.4, 0.5) is 8.78 Å². The molecule has 0 amide bonds. The minimum absolute atomic E-state index is 0.0124. The SMILES string of the molecule is O=C1CC(c2ccc(Cl)c(F)c2)Oc2ccc(F)cc21. The number of hydrogen-bond donors (Lipinski definition) is 0. The van der Waals surface area contributed by atoms with E-state index in [1.54, 1.807) is 6.07 Å². The maximum absolute atomic E-state index is 13.5. The third-order valence-electron chi connectivity index (χ3n) is 3.20. The molecule has 0 radical (unpaired) electrons. The number of fused-ring (bicyclic) bond motifs is 1. The number of rotatable bonds is 1. The predicted octanol–water partition coefficient (Wildman–Crippen LogP) is 4.32. The number of hydrogen-bond acceptors (Lipinski definition) is 2. The molecule has 5 heteroatoms. The zero-order valence-corrected chi connectivity index (χ0v) is 11.0. The van der Waals surface area contributed by atoms with Crippen LogP contribution in [0.1, 0.15) is 28.4 Å². The maximum atomic E-state index is 13.5. The molecule has 0 saturated heterocycles. The van der Waals surface area contributed by atoms with E-state index in [2.05, 4.69) is 0 Å². The zero-order chi connectivity index (χ0) is 14.3. The lowest BCUT2D eigenvalue weighted by atomic mass is 9.96. The monoisotopic (exact) mass is 294 g/mol. The van der Waals surface area contributed by atoms with Gasteiger partial charge in [0.2, 0.25) is 0 Å². The van der Waals surface area contributed by atoms with Crippen molar-refractivity contribution in [1.29, 1.82) is 0 Å². The minimum atomic E-state index is -0.591. The topological polar surface area (TPSA) is 26.3 Å². The van der Waals surface area contributed by atoms with E-state index in [1.165, 1.54) is 24.3 Å². The Hall–Kier alpha value is -1.94. The van der Waals surface area contributed by atoms with Gasteiger partial charge in [-0.25, -0.2) is 8.78 Å². The summed E-state index contributed by atoms with van der Waals surface area (Å²) < 4.78 is 32.2. The molecule has 0 bridgehead atoms. The van der Waals surface area contributed by atoms with Crippen molar-refractivity contribution in [1.82, 2.24) is 0 Å². The van der Waals surface area contributed by atoms with Gasteiger partial charge in [0.25, 0.3) is 0 Å². The Morgan fingerprint density at radius 1 is 1.15 bits per heavy atom. The molecule has 2 aromatic carbocycles. The molecule has 2 nitrogen and oxygen atoms in total. The highest BCUT2D eigenvalue weighted by Crippen LogP contribution is 2.35. The van der Waals surface area contributed by atoms with Gasteiger partial charge in [0.1, 0.15) is 23.5 Å². The highest BCUT2D eigenvalue weighted by atomic mass is 35.5. The van der Waals surface area contributed by atoms with E-state index in [0.29, 0.717) is 11.3 Å². The molecule has 1 atom stereocenters. The Labute approximate surface area is 118 Å². The van der Waals surface area contributed by atoms with Crippen LogP contribution in [-0.2, 0) is 0 Å². The summed E-state index contributed by atoms with van der Waals surface area (Å²) in [4.78, 5) is 12.0. The average molecular weight is 295 g/mol. The summed E-state index contributed by atoms with van der Waals surface area (Å²) in [7, 11) is 0. The first-order valence-corrected chi connectivity index (χ1v) is 6.37. The Morgan fingerprint density at radius 3 is 2.70 bits per heavy atom. The molecule has 102 valence electrons. The van der Waals surface area contributed by atoms with E-state index in [1.807, 2.05) is 0 Å². The number of carbonyl (C=O) groups is 1. The van der Waals surface area contributed by atoms with Gasteiger partial charge in [-0.05, 0) is 35.9 Å². The first-order chi connectivity index (χ1) is 9.54. The van der Waals surface area contributed by atoms with Crippen molar-refractivity contribution in [2.75, 3.05) is 0 Å². The van der Waals surface area contributed by atoms with Crippen LogP contribution in [0.25, 0.3) is 0 Å². The summed E-state index contributed by atoms with van der Waals surface area (Å²) in [6, 6.07) is 8.04. The Morgan fingerprint density at radius 2 is 1.95 bits per heavy atom. The lowest BCUT2D eigenvalue weighted by Gasteiger charge is -2.25. The molecule has 2 aromatic rings. The summed E-state index contributed by atoms with van der Waals surface area (Å²) in [6.07, 6.45) is -0.551. The molecule has 0 fully saturated rings. The fraction of sp³-hybridized carbons (Fsp3) is 0.133. The van der Waals surface area contributed by atoms with Gasteiger partial charge < -0.3 is 4.74 Å². The second-order valence-corrected chi connectivity index (χ2v) is 4.96. The fourth-order valence-corrected chi connectivity index (χ4v) is 2.31. The summed E-state index contributed by atoms with van der Waals surface area (Å²) >= 11 is 5.62. The Kier molecular flexibility index (Phi) is 3.18. The van der Waals surface area contributed by atoms with Crippen molar-refractivity contribution in [3.63, 3.8) is 0 Å². The number of ether oxygens (including phenoxy) is 1. The van der Waals surface area contributed by atoms with Crippen molar-refractivity contribution in [2.24, 2.45) is 0 Å². The quantitative estimate of drug-likeness (QED) is 0.783. The molecule has 1 aliphatic rings. The van der Waals surface area contributed by atoms with Gasteiger partial charge in [0, 0.05) is 0 Å². The molecule has 1 unspecified atom stereocenters. The third-order valence-corrected chi connectivity index (χ3v) is 3.50. The molecular formula is C15H9ClF2O2. The third kappa shape index (κ3) is 2.27. The molecule has 0 aliphatic carbocycles. The van der Waals surface area contributed by atoms with Gasteiger partial charge >= 0.3 is 0 Å². The average Bonchev–Trinajstić information content (AvgIpc) is 2.42. The van der Waals surface area contributed by atoms with Crippen LogP contribution in [-0.4, -0.2) is 5.78 Å². The van der Waals surface area contributed by atoms with Crippen LogP contribution in [0.3, 0.4) is 0 Å². The first-order valence-electron chi connectivity index (χ1n) is 5.99. The smallest absolute Gasteiger partial charge is 0.170 e. The lowest BCUT2D eigenvalue weighted by Crippen LogP contribution is -2.20. The molecule has 3 rings (SSSR count). The summed E-state index contributed by atoms with van der Waals surface area (Å²) in [6.45, 7) is 0. The van der Waals surface area contributed by atoms with Crippen LogP contribution >= 0.6 is 11.6 Å². The van der Waals surface area contributed by atoms with Gasteiger partial charge in [-0.15, -0.1) is 0 Å². The van der Waals surface area contributed by atoms with Crippen LogP contribution in [0.2, 0.25) is 5.02 Å².